The van der Waals surface area contributed by atoms with Crippen molar-refractivity contribution in [1.82, 2.24) is 19.9 Å². The summed E-state index contributed by atoms with van der Waals surface area (Å²) in [4.78, 5) is 28.1. The molecule has 1 aliphatic carbocycles. The summed E-state index contributed by atoms with van der Waals surface area (Å²) in [6, 6.07) is 7.63. The molecule has 13 heteroatoms. The Balaban J connectivity index is 1.20. The zero-order valence-electron chi connectivity index (χ0n) is 20.5. The number of fused-ring (bicyclic) bond motifs is 1. The topological polar surface area (TPSA) is 87.0 Å². The van der Waals surface area contributed by atoms with Crippen LogP contribution in [0.5, 0.6) is 5.75 Å². The number of hydrogen-bond acceptors (Lipinski definition) is 6. The second kappa shape index (κ2) is 10.8. The van der Waals surface area contributed by atoms with Crippen LogP contribution in [0.2, 0.25) is 5.02 Å². The fourth-order valence-corrected chi connectivity index (χ4v) is 4.81. The lowest BCUT2D eigenvalue weighted by atomic mass is 10.1. The molecule has 1 aromatic heterocycles. The predicted octanol–water partition coefficient (Wildman–Crippen LogP) is 4.02. The van der Waals surface area contributed by atoms with Gasteiger partial charge in [-0.25, -0.2) is 9.40 Å². The van der Waals surface area contributed by atoms with Gasteiger partial charge in [-0.2, -0.15) is 0 Å². The van der Waals surface area contributed by atoms with Crippen LogP contribution in [0.25, 0.3) is 10.9 Å². The van der Waals surface area contributed by atoms with Gasteiger partial charge in [0.15, 0.2) is 0 Å². The summed E-state index contributed by atoms with van der Waals surface area (Å²) in [7, 11) is 0. The molecule has 0 radical (unpaired) electrons. The lowest BCUT2D eigenvalue weighted by Gasteiger charge is -2.35. The smallest absolute Gasteiger partial charge is 0.406 e. The van der Waals surface area contributed by atoms with Gasteiger partial charge in [-0.05, 0) is 42.7 Å². The molecule has 2 N–H and O–H groups in total. The highest BCUT2D eigenvalue weighted by Crippen LogP contribution is 2.37. The number of hydrogen-bond donors (Lipinski definition) is 2. The lowest BCUT2D eigenvalue weighted by molar-refractivity contribution is -0.274. The normalized spacial score (nSPS) is 17.8. The Morgan fingerprint density at radius 2 is 1.79 bits per heavy atom. The fourth-order valence-electron chi connectivity index (χ4n) is 4.65. The summed E-state index contributed by atoms with van der Waals surface area (Å²) in [5.74, 6) is -1.70. The summed E-state index contributed by atoms with van der Waals surface area (Å²) >= 11 is 5.94. The van der Waals surface area contributed by atoms with Crippen LogP contribution in [0.3, 0.4) is 0 Å². The minimum absolute atomic E-state index is 0.0908. The van der Waals surface area contributed by atoms with Crippen molar-refractivity contribution in [2.24, 2.45) is 0 Å². The van der Waals surface area contributed by atoms with E-state index in [-0.39, 0.29) is 34.3 Å². The van der Waals surface area contributed by atoms with Crippen LogP contribution in [0.4, 0.5) is 17.6 Å². The van der Waals surface area contributed by atoms with Gasteiger partial charge in [-0.15, -0.1) is 13.2 Å². The third-order valence-corrected chi connectivity index (χ3v) is 7.11. The van der Waals surface area contributed by atoms with E-state index >= 15 is 0 Å². The Morgan fingerprint density at radius 1 is 1.13 bits per heavy atom. The number of benzene rings is 2. The summed E-state index contributed by atoms with van der Waals surface area (Å²) in [6.07, 6.45) is -2.45. The molecule has 5 rings (SSSR count). The molecule has 39 heavy (non-hydrogen) atoms. The van der Waals surface area contributed by atoms with Crippen LogP contribution in [0.1, 0.15) is 40.9 Å². The summed E-state index contributed by atoms with van der Waals surface area (Å²) in [6.45, 7) is 2.03. The van der Waals surface area contributed by atoms with Crippen molar-refractivity contribution in [3.05, 3.63) is 74.8 Å². The van der Waals surface area contributed by atoms with Crippen molar-refractivity contribution in [1.29, 1.82) is 0 Å². The van der Waals surface area contributed by atoms with E-state index < -0.39 is 29.6 Å². The molecule has 2 aliphatic rings. The molecule has 3 aromatic rings. The van der Waals surface area contributed by atoms with Gasteiger partial charge >= 0.3 is 6.36 Å². The third-order valence-electron chi connectivity index (χ3n) is 6.82. The number of hydrazine groups is 1. The number of aliphatic hydroxyl groups is 1. The van der Waals surface area contributed by atoms with E-state index in [0.717, 1.165) is 31.0 Å². The molecule has 0 unspecified atom stereocenters. The van der Waals surface area contributed by atoms with Crippen molar-refractivity contribution in [3.8, 4) is 5.75 Å². The molecular weight excluding hydrogens is 544 g/mol. The Morgan fingerprint density at radius 3 is 2.41 bits per heavy atom. The second-order valence-electron chi connectivity index (χ2n) is 9.66. The van der Waals surface area contributed by atoms with Crippen molar-refractivity contribution in [2.75, 3.05) is 32.7 Å². The number of piperazine rings is 1. The maximum Gasteiger partial charge on any atom is 0.573 e. The molecule has 0 spiro atoms. The van der Waals surface area contributed by atoms with Gasteiger partial charge in [0.2, 0.25) is 5.43 Å². The molecular formula is C26H25ClF4N4O4. The van der Waals surface area contributed by atoms with Crippen LogP contribution in [0, 0.1) is 5.82 Å². The van der Waals surface area contributed by atoms with Crippen molar-refractivity contribution in [3.63, 3.8) is 0 Å². The largest absolute Gasteiger partial charge is 0.573 e. The molecule has 1 amide bonds. The Labute approximate surface area is 225 Å². The first-order chi connectivity index (χ1) is 18.5. The molecule has 208 valence electrons. The van der Waals surface area contributed by atoms with E-state index in [4.69, 9.17) is 11.6 Å². The molecule has 1 saturated heterocycles. The third kappa shape index (κ3) is 6.35. The maximum absolute atomic E-state index is 14.1. The standard InChI is InChI=1S/C26H25ClF4N4O4/c27-20-12-22-18(11-21(20)28)24(37)19(13-35(22)16-3-4-16)25(38)32-34-9-7-33(8-10-34)14-23(36)15-1-5-17(6-2-15)39-26(29,30)31/h1-2,5-6,11-13,16,23,36H,3-4,7-10,14H2,(H,32,38)/t23-/m1/s1. The highest BCUT2D eigenvalue weighted by molar-refractivity contribution is 6.31. The molecule has 1 saturated carbocycles. The number of pyridine rings is 1. The van der Waals surface area contributed by atoms with E-state index in [9.17, 15) is 32.3 Å². The number of nitrogens with one attached hydrogen (secondary N) is 1. The molecule has 1 aliphatic heterocycles. The molecule has 2 heterocycles. The first-order valence-electron chi connectivity index (χ1n) is 12.3. The van der Waals surface area contributed by atoms with Gasteiger partial charge in [0.05, 0.1) is 16.6 Å². The minimum atomic E-state index is -4.79. The Kier molecular flexibility index (Phi) is 7.55. The highest BCUT2D eigenvalue weighted by atomic mass is 35.5. The predicted molar refractivity (Wildman–Crippen MR) is 135 cm³/mol. The second-order valence-corrected chi connectivity index (χ2v) is 10.1. The average molecular weight is 569 g/mol. The van der Waals surface area contributed by atoms with Crippen LogP contribution in [-0.2, 0) is 0 Å². The van der Waals surface area contributed by atoms with Gasteiger partial charge in [-0.1, -0.05) is 23.7 Å². The van der Waals surface area contributed by atoms with Gasteiger partial charge in [-0.3, -0.25) is 19.9 Å². The zero-order valence-corrected chi connectivity index (χ0v) is 21.3. The van der Waals surface area contributed by atoms with Gasteiger partial charge in [0, 0.05) is 50.3 Å². The summed E-state index contributed by atoms with van der Waals surface area (Å²) in [5, 5.41) is 12.2. The van der Waals surface area contributed by atoms with E-state index in [1.807, 2.05) is 4.90 Å². The number of halogens is 5. The van der Waals surface area contributed by atoms with Crippen LogP contribution in [-0.4, -0.2) is 64.6 Å². The number of alkyl halides is 3. The Bertz CT molecular complexity index is 1440. The monoisotopic (exact) mass is 568 g/mol. The first kappa shape index (κ1) is 27.4. The number of carbonyl (C=O) groups is 1. The van der Waals surface area contributed by atoms with Crippen molar-refractivity contribution < 1.29 is 32.2 Å². The van der Waals surface area contributed by atoms with E-state index in [2.05, 4.69) is 10.2 Å². The fraction of sp³-hybridized carbons (Fsp3) is 0.385. The van der Waals surface area contributed by atoms with Crippen LogP contribution >= 0.6 is 11.6 Å². The number of β-amino-alcohol motifs (C(OH)–C–C–N with tert-alkyl or cyclic N) is 1. The molecule has 0 bridgehead atoms. The van der Waals surface area contributed by atoms with E-state index in [1.54, 1.807) is 9.58 Å². The van der Waals surface area contributed by atoms with Gasteiger partial charge in [0.25, 0.3) is 5.91 Å². The maximum atomic E-state index is 14.1. The van der Waals surface area contributed by atoms with Gasteiger partial charge < -0.3 is 14.4 Å². The summed E-state index contributed by atoms with van der Waals surface area (Å²) in [5.41, 5.74) is 3.01. The van der Waals surface area contributed by atoms with E-state index in [1.165, 1.54) is 24.4 Å². The number of carbonyl (C=O) groups excluding carboxylic acids is 1. The SMILES string of the molecule is O=C(NN1CCN(C[C@@H](O)c2ccc(OC(F)(F)F)cc2)CC1)c1cn(C2CC2)c2cc(Cl)c(F)cc2c1=O. The molecule has 2 aromatic carbocycles. The van der Waals surface area contributed by atoms with E-state index in [0.29, 0.717) is 37.3 Å². The van der Waals surface area contributed by atoms with Gasteiger partial charge in [0.1, 0.15) is 17.1 Å². The first-order valence-corrected chi connectivity index (χ1v) is 12.7. The number of ether oxygens (including phenoxy) is 1. The molecule has 8 nitrogen and oxygen atoms in total. The van der Waals surface area contributed by atoms with Crippen LogP contribution < -0.4 is 15.6 Å². The lowest BCUT2D eigenvalue weighted by Crippen LogP contribution is -2.54. The van der Waals surface area contributed by atoms with Crippen molar-refractivity contribution in [2.45, 2.75) is 31.3 Å². The number of amides is 1. The quantitative estimate of drug-likeness (QED) is 0.419. The minimum Gasteiger partial charge on any atom is -0.406 e. The number of nitrogens with zero attached hydrogens (tertiary/aromatic N) is 3. The highest BCUT2D eigenvalue weighted by Gasteiger charge is 2.31. The molecule has 1 atom stereocenters. The summed E-state index contributed by atoms with van der Waals surface area (Å²) < 4.78 is 56.8. The van der Waals surface area contributed by atoms with Crippen LogP contribution in [0.15, 0.2) is 47.4 Å². The Hall–Kier alpha value is -3.19. The number of aromatic nitrogens is 1. The average Bonchev–Trinajstić information content (AvgIpc) is 3.71. The number of rotatable bonds is 7. The zero-order chi connectivity index (χ0) is 27.9. The number of aliphatic hydroxyl groups excluding tert-OH is 1. The molecule has 2 fully saturated rings. The van der Waals surface area contributed by atoms with Crippen molar-refractivity contribution >= 4 is 28.4 Å².